The Kier molecular flexibility index (Phi) is 3.38. The average Bonchev–Trinajstić information content (AvgIpc) is 2.31. The summed E-state index contributed by atoms with van der Waals surface area (Å²) in [4.78, 5) is 18.0. The van der Waals surface area contributed by atoms with E-state index in [2.05, 4.69) is 9.97 Å². The molecule has 2 rings (SSSR count). The molecule has 0 fully saturated rings. The number of hydrogen-bond donors (Lipinski definition) is 0. The van der Waals surface area contributed by atoms with Gasteiger partial charge in [-0.15, -0.1) is 0 Å². The number of nitro groups is 1. The number of halogens is 1. The van der Waals surface area contributed by atoms with Crippen molar-refractivity contribution < 1.29 is 9.66 Å². The lowest BCUT2D eigenvalue weighted by atomic mass is 10.2. The van der Waals surface area contributed by atoms with E-state index in [0.717, 1.165) is 0 Å². The highest BCUT2D eigenvalue weighted by Gasteiger charge is 2.12. The molecule has 1 heterocycles. The van der Waals surface area contributed by atoms with Crippen molar-refractivity contribution in [2.24, 2.45) is 0 Å². The predicted molar refractivity (Wildman–Crippen MR) is 64.9 cm³/mol. The number of ether oxygens (including phenoxy) is 1. The van der Waals surface area contributed by atoms with Crippen molar-refractivity contribution in [1.82, 2.24) is 9.97 Å². The van der Waals surface area contributed by atoms with E-state index in [9.17, 15) is 10.1 Å². The van der Waals surface area contributed by atoms with Crippen LogP contribution in [0.1, 0.15) is 5.56 Å². The summed E-state index contributed by atoms with van der Waals surface area (Å²) in [5.74, 6) is 0.490. The van der Waals surface area contributed by atoms with E-state index in [1.807, 2.05) is 0 Å². The Morgan fingerprint density at radius 1 is 1.39 bits per heavy atom. The number of benzene rings is 1. The normalized spacial score (nSPS) is 10.1. The highest BCUT2D eigenvalue weighted by atomic mass is 35.5. The van der Waals surface area contributed by atoms with Crippen molar-refractivity contribution >= 4 is 17.3 Å². The standard InChI is InChI=1S/C11H8ClN3O3/c1-7-2-3-8(4-9(7)15(16)17)18-11-6-13-5-10(12)14-11/h2-6H,1H3. The molecule has 92 valence electrons. The van der Waals surface area contributed by atoms with E-state index in [4.69, 9.17) is 16.3 Å². The Morgan fingerprint density at radius 2 is 2.17 bits per heavy atom. The van der Waals surface area contributed by atoms with E-state index >= 15 is 0 Å². The number of aromatic nitrogens is 2. The van der Waals surface area contributed by atoms with Crippen LogP contribution in [0.3, 0.4) is 0 Å². The predicted octanol–water partition coefficient (Wildman–Crippen LogP) is 3.14. The van der Waals surface area contributed by atoms with Crippen molar-refractivity contribution in [3.8, 4) is 11.6 Å². The van der Waals surface area contributed by atoms with Crippen molar-refractivity contribution in [2.75, 3.05) is 0 Å². The van der Waals surface area contributed by atoms with Crippen LogP contribution in [0.4, 0.5) is 5.69 Å². The summed E-state index contributed by atoms with van der Waals surface area (Å²) in [5.41, 5.74) is 0.548. The molecule has 0 aliphatic rings. The SMILES string of the molecule is Cc1ccc(Oc2cncc(Cl)n2)cc1[N+](=O)[O-]. The molecule has 1 aromatic carbocycles. The van der Waals surface area contributed by atoms with Gasteiger partial charge in [0.05, 0.1) is 23.4 Å². The molecule has 0 unspecified atom stereocenters. The van der Waals surface area contributed by atoms with Gasteiger partial charge in [0.2, 0.25) is 5.88 Å². The maximum atomic E-state index is 10.8. The second-order valence-electron chi connectivity index (χ2n) is 3.49. The van der Waals surface area contributed by atoms with Gasteiger partial charge >= 0.3 is 0 Å². The van der Waals surface area contributed by atoms with Crippen molar-refractivity contribution in [2.45, 2.75) is 6.92 Å². The van der Waals surface area contributed by atoms with Crippen LogP contribution >= 0.6 is 11.6 Å². The molecular weight excluding hydrogens is 258 g/mol. The lowest BCUT2D eigenvalue weighted by Crippen LogP contribution is -1.94. The topological polar surface area (TPSA) is 78.2 Å². The summed E-state index contributed by atoms with van der Waals surface area (Å²) in [5, 5.41) is 11.0. The molecule has 1 aromatic heterocycles. The maximum Gasteiger partial charge on any atom is 0.276 e. The van der Waals surface area contributed by atoms with E-state index < -0.39 is 4.92 Å². The minimum Gasteiger partial charge on any atom is -0.437 e. The molecular formula is C11H8ClN3O3. The fourth-order valence-electron chi connectivity index (χ4n) is 1.34. The molecule has 2 aromatic rings. The van der Waals surface area contributed by atoms with Gasteiger partial charge in [-0.3, -0.25) is 15.1 Å². The monoisotopic (exact) mass is 265 g/mol. The van der Waals surface area contributed by atoms with Gasteiger partial charge in [-0.2, -0.15) is 4.98 Å². The molecule has 0 amide bonds. The quantitative estimate of drug-likeness (QED) is 0.629. The third-order valence-electron chi connectivity index (χ3n) is 2.18. The lowest BCUT2D eigenvalue weighted by Gasteiger charge is -2.05. The molecule has 0 aliphatic carbocycles. The Hall–Kier alpha value is -2.21. The number of aryl methyl sites for hydroxylation is 1. The summed E-state index contributed by atoms with van der Waals surface area (Å²) >= 11 is 5.66. The van der Waals surface area contributed by atoms with Crippen molar-refractivity contribution in [3.05, 3.63) is 51.4 Å². The Bertz CT molecular complexity index is 604. The van der Waals surface area contributed by atoms with Gasteiger partial charge in [-0.05, 0) is 19.1 Å². The summed E-state index contributed by atoms with van der Waals surface area (Å²) < 4.78 is 5.34. The second kappa shape index (κ2) is 4.97. The van der Waals surface area contributed by atoms with Crippen LogP contribution in [0.2, 0.25) is 5.15 Å². The van der Waals surface area contributed by atoms with Gasteiger partial charge in [0.1, 0.15) is 5.75 Å². The van der Waals surface area contributed by atoms with E-state index in [0.29, 0.717) is 11.3 Å². The molecule has 0 aliphatic heterocycles. The maximum absolute atomic E-state index is 10.8. The molecule has 0 bridgehead atoms. The molecule has 0 N–H and O–H groups in total. The van der Waals surface area contributed by atoms with Gasteiger partial charge < -0.3 is 4.74 Å². The molecule has 6 nitrogen and oxygen atoms in total. The zero-order chi connectivity index (χ0) is 13.1. The first-order valence-electron chi connectivity index (χ1n) is 4.96. The van der Waals surface area contributed by atoms with E-state index in [1.165, 1.54) is 18.5 Å². The number of hydrogen-bond acceptors (Lipinski definition) is 5. The first kappa shape index (κ1) is 12.3. The largest absolute Gasteiger partial charge is 0.437 e. The highest BCUT2D eigenvalue weighted by Crippen LogP contribution is 2.27. The third kappa shape index (κ3) is 2.72. The first-order valence-corrected chi connectivity index (χ1v) is 5.34. The Labute approximate surface area is 107 Å². The minimum atomic E-state index is -0.466. The third-order valence-corrected chi connectivity index (χ3v) is 2.36. The van der Waals surface area contributed by atoms with Crippen LogP contribution < -0.4 is 4.74 Å². The summed E-state index contributed by atoms with van der Waals surface area (Å²) in [6, 6.07) is 4.55. The lowest BCUT2D eigenvalue weighted by molar-refractivity contribution is -0.385. The van der Waals surface area contributed by atoms with Crippen LogP contribution in [0, 0.1) is 17.0 Å². The Balaban J connectivity index is 2.30. The molecule has 0 atom stereocenters. The minimum absolute atomic E-state index is 0.0116. The van der Waals surface area contributed by atoms with Crippen LogP contribution in [-0.2, 0) is 0 Å². The smallest absolute Gasteiger partial charge is 0.276 e. The fraction of sp³-hybridized carbons (Fsp3) is 0.0909. The molecule has 18 heavy (non-hydrogen) atoms. The van der Waals surface area contributed by atoms with Crippen LogP contribution in [0.15, 0.2) is 30.6 Å². The number of nitro benzene ring substituents is 1. The van der Waals surface area contributed by atoms with Crippen LogP contribution in [0.25, 0.3) is 0 Å². The average molecular weight is 266 g/mol. The van der Waals surface area contributed by atoms with E-state index in [-0.39, 0.29) is 16.7 Å². The fourth-order valence-corrected chi connectivity index (χ4v) is 1.48. The van der Waals surface area contributed by atoms with Crippen molar-refractivity contribution in [1.29, 1.82) is 0 Å². The number of rotatable bonds is 3. The number of nitrogens with zero attached hydrogens (tertiary/aromatic N) is 3. The summed E-state index contributed by atoms with van der Waals surface area (Å²) in [6.07, 6.45) is 2.74. The first-order chi connectivity index (χ1) is 8.56. The molecule has 0 radical (unpaired) electrons. The Morgan fingerprint density at radius 3 is 2.83 bits per heavy atom. The van der Waals surface area contributed by atoms with E-state index in [1.54, 1.807) is 19.1 Å². The van der Waals surface area contributed by atoms with Gasteiger partial charge in [-0.25, -0.2) is 0 Å². The van der Waals surface area contributed by atoms with Crippen LogP contribution in [-0.4, -0.2) is 14.9 Å². The summed E-state index contributed by atoms with van der Waals surface area (Å²) in [6.45, 7) is 1.65. The van der Waals surface area contributed by atoms with Crippen LogP contribution in [0.5, 0.6) is 11.6 Å². The van der Waals surface area contributed by atoms with Crippen molar-refractivity contribution in [3.63, 3.8) is 0 Å². The second-order valence-corrected chi connectivity index (χ2v) is 3.87. The van der Waals surface area contributed by atoms with Gasteiger partial charge in [-0.1, -0.05) is 11.6 Å². The van der Waals surface area contributed by atoms with Gasteiger partial charge in [0.25, 0.3) is 5.69 Å². The molecule has 0 saturated heterocycles. The van der Waals surface area contributed by atoms with Gasteiger partial charge in [0.15, 0.2) is 5.15 Å². The molecule has 0 spiro atoms. The van der Waals surface area contributed by atoms with Gasteiger partial charge in [0, 0.05) is 5.56 Å². The summed E-state index contributed by atoms with van der Waals surface area (Å²) in [7, 11) is 0. The molecule has 0 saturated carbocycles. The zero-order valence-corrected chi connectivity index (χ0v) is 10.1. The molecule has 7 heteroatoms. The zero-order valence-electron chi connectivity index (χ0n) is 9.33. The highest BCUT2D eigenvalue weighted by molar-refractivity contribution is 6.29.